The van der Waals surface area contributed by atoms with Crippen molar-refractivity contribution in [3.8, 4) is 22.8 Å². The fourth-order valence-corrected chi connectivity index (χ4v) is 3.87. The summed E-state index contributed by atoms with van der Waals surface area (Å²) >= 11 is 0. The number of hydrogen-bond acceptors (Lipinski definition) is 4. The lowest BCUT2D eigenvalue weighted by molar-refractivity contribution is -0.400. The van der Waals surface area contributed by atoms with Gasteiger partial charge in [-0.3, -0.25) is 0 Å². The van der Waals surface area contributed by atoms with Crippen LogP contribution in [0.15, 0.2) is 77.2 Å². The third kappa shape index (κ3) is 7.52. The maximum absolute atomic E-state index is 9.75. The van der Waals surface area contributed by atoms with Gasteiger partial charge in [0.25, 0.3) is 0 Å². The summed E-state index contributed by atoms with van der Waals surface area (Å²) in [6.07, 6.45) is 0. The highest BCUT2D eigenvalue weighted by Gasteiger charge is 2.20. The van der Waals surface area contributed by atoms with Gasteiger partial charge in [0.15, 0.2) is 11.5 Å². The normalized spacial score (nSPS) is 11.6. The summed E-state index contributed by atoms with van der Waals surface area (Å²) in [5.41, 5.74) is 3.96. The van der Waals surface area contributed by atoms with Crippen molar-refractivity contribution < 1.29 is 36.1 Å². The minimum atomic E-state index is -6.00. The first-order valence-corrected chi connectivity index (χ1v) is 11.7. The first-order chi connectivity index (χ1) is 17.7. The molecule has 0 amide bonds. The fraction of sp³-hybridized carbons (Fsp3) is 0.222. The molecule has 1 heterocycles. The van der Waals surface area contributed by atoms with Gasteiger partial charge in [-0.05, 0) is 56.3 Å². The Labute approximate surface area is 213 Å². The molecule has 3 aromatic carbocycles. The molecule has 0 unspecified atom stereocenters. The fourth-order valence-electron chi connectivity index (χ4n) is 3.87. The molecule has 0 spiro atoms. The Morgan fingerprint density at radius 1 is 0.811 bits per heavy atom. The van der Waals surface area contributed by atoms with Gasteiger partial charge in [-0.1, -0.05) is 12.1 Å². The second-order valence-corrected chi connectivity index (χ2v) is 7.93. The zero-order chi connectivity index (χ0) is 27.0. The van der Waals surface area contributed by atoms with Gasteiger partial charge in [-0.2, -0.15) is 0 Å². The predicted molar refractivity (Wildman–Crippen MR) is 139 cm³/mol. The number of para-hydroxylation sites is 1. The lowest BCUT2D eigenvalue weighted by Crippen LogP contribution is -2.70. The molecular weight excluding hydrogens is 487 g/mol. The van der Waals surface area contributed by atoms with Gasteiger partial charge in [-0.15, -0.1) is 0 Å². The maximum atomic E-state index is 9.75. The number of fused-ring (bicyclic) bond motifs is 1. The van der Waals surface area contributed by atoms with Gasteiger partial charge in [0, 0.05) is 36.5 Å². The van der Waals surface area contributed by atoms with Crippen LogP contribution in [0.1, 0.15) is 13.8 Å². The van der Waals surface area contributed by atoms with Crippen LogP contribution in [0.25, 0.3) is 22.3 Å². The van der Waals surface area contributed by atoms with Crippen molar-refractivity contribution in [2.75, 3.05) is 32.2 Å². The number of rotatable bonds is 7. The Bertz CT molecular complexity index is 1380. The summed E-state index contributed by atoms with van der Waals surface area (Å²) in [7, 11) is -2.74. The number of methoxy groups -OCH3 is 2. The Morgan fingerprint density at radius 3 is 2.03 bits per heavy atom. The monoisotopic (exact) mass is 516 g/mol. The quantitative estimate of drug-likeness (QED) is 0.258. The van der Waals surface area contributed by atoms with Crippen LogP contribution in [0, 0.1) is 0 Å². The van der Waals surface area contributed by atoms with Crippen LogP contribution < -0.4 is 24.7 Å². The highest BCUT2D eigenvalue weighted by atomic mass is 19.5. The van der Waals surface area contributed by atoms with Crippen molar-refractivity contribution in [1.29, 1.82) is 0 Å². The molecule has 0 aliphatic rings. The van der Waals surface area contributed by atoms with E-state index in [2.05, 4.69) is 54.1 Å². The van der Waals surface area contributed by atoms with Crippen LogP contribution in [0.2, 0.25) is 0 Å². The zero-order valence-corrected chi connectivity index (χ0v) is 21.1. The molecule has 5 nitrogen and oxygen atoms in total. The molecule has 0 saturated heterocycles. The van der Waals surface area contributed by atoms with Crippen LogP contribution in [0.3, 0.4) is 0 Å². The summed E-state index contributed by atoms with van der Waals surface area (Å²) in [6.45, 7) is 6.32. The van der Waals surface area contributed by atoms with E-state index in [1.165, 1.54) is 5.69 Å². The van der Waals surface area contributed by atoms with Crippen molar-refractivity contribution in [2.45, 2.75) is 13.8 Å². The minimum absolute atomic E-state index is 0.662. The molecule has 0 saturated carbocycles. The van der Waals surface area contributed by atoms with Gasteiger partial charge in [0.1, 0.15) is 11.3 Å². The zero-order valence-electron chi connectivity index (χ0n) is 21.1. The van der Waals surface area contributed by atoms with E-state index in [1.54, 1.807) is 14.2 Å². The largest absolute Gasteiger partial charge is 0.673 e. The molecule has 0 atom stereocenters. The van der Waals surface area contributed by atoms with Crippen LogP contribution >= 0.6 is 0 Å². The van der Waals surface area contributed by atoms with Gasteiger partial charge in [0.2, 0.25) is 11.0 Å². The smallest absolute Gasteiger partial charge is 0.493 e. The molecule has 0 radical (unpaired) electrons. The van der Waals surface area contributed by atoms with Crippen molar-refractivity contribution in [3.63, 3.8) is 0 Å². The average molecular weight is 516 g/mol. The molecular formula is C27H29BF4N2O3. The number of hydrogen-bond donors (Lipinski definition) is 1. The Balaban J connectivity index is 0.000000695. The lowest BCUT2D eigenvalue weighted by Gasteiger charge is -2.20. The van der Waals surface area contributed by atoms with E-state index in [1.807, 2.05) is 42.5 Å². The van der Waals surface area contributed by atoms with Crippen LogP contribution in [-0.4, -0.2) is 34.6 Å². The number of halogens is 4. The summed E-state index contributed by atoms with van der Waals surface area (Å²) in [5.74, 6) is 2.09. The predicted octanol–water partition coefficient (Wildman–Crippen LogP) is 5.58. The van der Waals surface area contributed by atoms with E-state index >= 15 is 0 Å². The van der Waals surface area contributed by atoms with Gasteiger partial charge in [-0.25, -0.2) is 4.99 Å². The number of anilines is 1. The number of nitrogens with one attached hydrogen (secondary N) is 1. The van der Waals surface area contributed by atoms with Gasteiger partial charge >= 0.3 is 7.25 Å². The minimum Gasteiger partial charge on any atom is -0.493 e. The first-order valence-electron chi connectivity index (χ1n) is 11.7. The Hall–Kier alpha value is -3.95. The van der Waals surface area contributed by atoms with Crippen LogP contribution in [-0.2, 0) is 0 Å². The Morgan fingerprint density at radius 2 is 1.43 bits per heavy atom. The molecule has 196 valence electrons. The molecule has 1 aromatic heterocycles. The number of benzene rings is 3. The molecule has 0 fully saturated rings. The van der Waals surface area contributed by atoms with Crippen molar-refractivity contribution >= 4 is 29.6 Å². The van der Waals surface area contributed by atoms with Gasteiger partial charge in [0.05, 0.1) is 25.7 Å². The summed E-state index contributed by atoms with van der Waals surface area (Å²) in [6, 6.07) is 24.4. The molecule has 4 rings (SSSR count). The lowest BCUT2D eigenvalue weighted by atomic mass is 10.1. The van der Waals surface area contributed by atoms with E-state index < -0.39 is 7.25 Å². The maximum Gasteiger partial charge on any atom is 0.673 e. The van der Waals surface area contributed by atoms with E-state index in [-0.39, 0.29) is 0 Å². The molecule has 0 bridgehead atoms. The van der Waals surface area contributed by atoms with E-state index in [0.717, 1.165) is 46.4 Å². The molecule has 10 heteroatoms. The number of nitrogens with zero attached hydrogens (tertiary/aromatic N) is 1. The summed E-state index contributed by atoms with van der Waals surface area (Å²) < 4.78 is 56.1. The first kappa shape index (κ1) is 27.6. The second-order valence-electron chi connectivity index (χ2n) is 7.93. The third-order valence-corrected chi connectivity index (χ3v) is 5.62. The SMILES string of the molecule is CCN(CC)c1ccc([NH+]=c2cc(-c3ccc(OC)c(OC)c3)oc3ccccc23)cc1.F[B-](F)(F)F. The van der Waals surface area contributed by atoms with E-state index in [9.17, 15) is 17.3 Å². The van der Waals surface area contributed by atoms with Crippen molar-refractivity contribution in [3.05, 3.63) is 78.2 Å². The van der Waals surface area contributed by atoms with Crippen molar-refractivity contribution in [1.82, 2.24) is 0 Å². The van der Waals surface area contributed by atoms with Crippen LogP contribution in [0.4, 0.5) is 28.6 Å². The topological polar surface area (TPSA) is 48.8 Å². The molecule has 1 N–H and O–H groups in total. The molecule has 37 heavy (non-hydrogen) atoms. The summed E-state index contributed by atoms with van der Waals surface area (Å²) in [4.78, 5) is 5.91. The standard InChI is InChI=1S/C27H28N2O3.BF4/c1-5-29(6-2)21-14-12-20(13-15-21)28-23-18-26(32-24-10-8-7-9-22(23)24)19-11-16-25(30-3)27(17-19)31-4;2-1(3,4)5/h7-18H,5-6H2,1-4H3;/q;-1/p+1. The molecule has 0 aliphatic heterocycles. The number of ether oxygens (including phenoxy) is 2. The third-order valence-electron chi connectivity index (χ3n) is 5.62. The average Bonchev–Trinajstić information content (AvgIpc) is 2.89. The Kier molecular flexibility index (Phi) is 9.22. The van der Waals surface area contributed by atoms with E-state index in [4.69, 9.17) is 13.9 Å². The van der Waals surface area contributed by atoms with E-state index in [0.29, 0.717) is 11.5 Å². The van der Waals surface area contributed by atoms with Gasteiger partial charge < -0.3 is 36.1 Å². The van der Waals surface area contributed by atoms with Crippen LogP contribution in [0.5, 0.6) is 11.5 Å². The second kappa shape index (κ2) is 12.3. The highest BCUT2D eigenvalue weighted by Crippen LogP contribution is 2.32. The molecule has 0 aliphatic carbocycles. The molecule has 4 aromatic rings. The van der Waals surface area contributed by atoms with Crippen molar-refractivity contribution in [2.24, 2.45) is 0 Å². The summed E-state index contributed by atoms with van der Waals surface area (Å²) in [5, 5.41) is 2.00. The highest BCUT2D eigenvalue weighted by molar-refractivity contribution is 6.50.